The number of nitrogens with two attached hydrogens (primary N) is 1. The van der Waals surface area contributed by atoms with Crippen molar-refractivity contribution in [3.05, 3.63) is 34.1 Å². The van der Waals surface area contributed by atoms with Gasteiger partial charge in [0.05, 0.1) is 0 Å². The number of benzene rings is 1. The summed E-state index contributed by atoms with van der Waals surface area (Å²) in [5, 5.41) is 0.594. The van der Waals surface area contributed by atoms with Gasteiger partial charge in [0.2, 0.25) is 0 Å². The maximum absolute atomic E-state index is 13.2. The minimum Gasteiger partial charge on any atom is -0.330 e. The van der Waals surface area contributed by atoms with Crippen LogP contribution in [0.5, 0.6) is 0 Å². The van der Waals surface area contributed by atoms with Gasteiger partial charge in [-0.2, -0.15) is 0 Å². The molecule has 0 bridgehead atoms. The average molecular weight is 202 g/mol. The molecule has 1 aromatic rings. The molecule has 1 rings (SSSR count). The summed E-state index contributed by atoms with van der Waals surface area (Å²) < 4.78 is 13.2. The zero-order chi connectivity index (χ0) is 10.0. The van der Waals surface area contributed by atoms with Crippen LogP contribution in [0.25, 0.3) is 0 Å². The highest BCUT2D eigenvalue weighted by Crippen LogP contribution is 2.26. The highest BCUT2D eigenvalue weighted by atomic mass is 35.5. The Balaban J connectivity index is 3.15. The van der Waals surface area contributed by atoms with Crippen LogP contribution in [-0.2, 0) is 0 Å². The molecule has 2 N–H and O–H groups in total. The van der Waals surface area contributed by atoms with Crippen LogP contribution in [0.3, 0.4) is 0 Å². The molecular formula is C10H13ClFN. The van der Waals surface area contributed by atoms with Gasteiger partial charge in [0.15, 0.2) is 0 Å². The van der Waals surface area contributed by atoms with Gasteiger partial charge in [-0.25, -0.2) is 4.39 Å². The summed E-state index contributed by atoms with van der Waals surface area (Å²) >= 11 is 5.95. The second-order valence-electron chi connectivity index (χ2n) is 3.26. The normalized spacial score (nSPS) is 13.0. The summed E-state index contributed by atoms with van der Waals surface area (Å²) in [6.07, 6.45) is 0. The molecule has 72 valence electrons. The molecule has 1 aromatic carbocycles. The summed E-state index contributed by atoms with van der Waals surface area (Å²) in [5.74, 6) is -0.123. The summed E-state index contributed by atoms with van der Waals surface area (Å²) in [5.41, 5.74) is 6.83. The van der Waals surface area contributed by atoms with Crippen molar-refractivity contribution < 1.29 is 4.39 Å². The van der Waals surface area contributed by atoms with Crippen LogP contribution in [-0.4, -0.2) is 6.54 Å². The standard InChI is InChI=1S/C10H13ClFN/c1-6-3-9(11)8(4-10(6)12)7(2)5-13/h3-4,7H,5,13H2,1-2H3. The highest BCUT2D eigenvalue weighted by molar-refractivity contribution is 6.31. The first kappa shape index (κ1) is 10.5. The molecule has 0 aromatic heterocycles. The first-order valence-corrected chi connectivity index (χ1v) is 4.59. The summed E-state index contributed by atoms with van der Waals surface area (Å²) in [4.78, 5) is 0. The van der Waals surface area contributed by atoms with E-state index in [1.165, 1.54) is 6.07 Å². The summed E-state index contributed by atoms with van der Waals surface area (Å²) in [6.45, 7) is 4.09. The summed E-state index contributed by atoms with van der Waals surface area (Å²) in [7, 11) is 0. The molecule has 0 fully saturated rings. The second-order valence-corrected chi connectivity index (χ2v) is 3.67. The van der Waals surface area contributed by atoms with Crippen LogP contribution in [0.15, 0.2) is 12.1 Å². The first-order valence-electron chi connectivity index (χ1n) is 4.22. The van der Waals surface area contributed by atoms with E-state index in [0.29, 0.717) is 17.1 Å². The third-order valence-corrected chi connectivity index (χ3v) is 2.49. The smallest absolute Gasteiger partial charge is 0.126 e. The minimum atomic E-state index is -0.222. The van der Waals surface area contributed by atoms with E-state index in [2.05, 4.69) is 0 Å². The van der Waals surface area contributed by atoms with Gasteiger partial charge in [-0.05, 0) is 42.6 Å². The second kappa shape index (κ2) is 4.07. The molecule has 0 amide bonds. The van der Waals surface area contributed by atoms with Crippen LogP contribution in [0.2, 0.25) is 5.02 Å². The molecule has 0 aliphatic carbocycles. The fourth-order valence-corrected chi connectivity index (χ4v) is 1.57. The molecule has 3 heteroatoms. The van der Waals surface area contributed by atoms with E-state index < -0.39 is 0 Å². The third kappa shape index (κ3) is 2.20. The van der Waals surface area contributed by atoms with Crippen LogP contribution in [0.1, 0.15) is 24.0 Å². The van der Waals surface area contributed by atoms with Crippen LogP contribution >= 0.6 is 11.6 Å². The van der Waals surface area contributed by atoms with Gasteiger partial charge in [-0.15, -0.1) is 0 Å². The Kier molecular flexibility index (Phi) is 3.28. The van der Waals surface area contributed by atoms with Crippen LogP contribution < -0.4 is 5.73 Å². The Morgan fingerprint density at radius 2 is 2.15 bits per heavy atom. The Hall–Kier alpha value is -0.600. The molecule has 0 heterocycles. The van der Waals surface area contributed by atoms with E-state index in [0.717, 1.165) is 5.56 Å². The molecule has 13 heavy (non-hydrogen) atoms. The Morgan fingerprint density at radius 1 is 1.54 bits per heavy atom. The molecule has 0 saturated carbocycles. The number of halogens is 2. The quantitative estimate of drug-likeness (QED) is 0.783. The van der Waals surface area contributed by atoms with E-state index in [-0.39, 0.29) is 11.7 Å². The third-order valence-electron chi connectivity index (χ3n) is 2.16. The Labute approximate surface area is 82.7 Å². The van der Waals surface area contributed by atoms with Crippen molar-refractivity contribution in [2.45, 2.75) is 19.8 Å². The van der Waals surface area contributed by atoms with E-state index in [1.54, 1.807) is 13.0 Å². The Bertz CT molecular complexity index is 312. The largest absolute Gasteiger partial charge is 0.330 e. The van der Waals surface area contributed by atoms with Crippen molar-refractivity contribution in [1.29, 1.82) is 0 Å². The first-order chi connectivity index (χ1) is 6.06. The minimum absolute atomic E-state index is 0.0996. The van der Waals surface area contributed by atoms with Gasteiger partial charge in [-0.3, -0.25) is 0 Å². The molecule has 0 aliphatic heterocycles. The maximum atomic E-state index is 13.2. The molecule has 1 atom stereocenters. The SMILES string of the molecule is Cc1cc(Cl)c(C(C)CN)cc1F. The lowest BCUT2D eigenvalue weighted by Crippen LogP contribution is -2.09. The molecule has 0 saturated heterocycles. The van der Waals surface area contributed by atoms with E-state index in [9.17, 15) is 4.39 Å². The van der Waals surface area contributed by atoms with Gasteiger partial charge in [0.1, 0.15) is 5.82 Å². The molecule has 0 spiro atoms. The highest BCUT2D eigenvalue weighted by Gasteiger charge is 2.10. The van der Waals surface area contributed by atoms with Gasteiger partial charge in [0.25, 0.3) is 0 Å². The van der Waals surface area contributed by atoms with E-state index >= 15 is 0 Å². The molecule has 0 radical (unpaired) electrons. The fraction of sp³-hybridized carbons (Fsp3) is 0.400. The van der Waals surface area contributed by atoms with Crippen LogP contribution in [0, 0.1) is 12.7 Å². The molecular weight excluding hydrogens is 189 g/mol. The average Bonchev–Trinajstić information content (AvgIpc) is 2.10. The monoisotopic (exact) mass is 201 g/mol. The lowest BCUT2D eigenvalue weighted by molar-refractivity contribution is 0.612. The number of hydrogen-bond donors (Lipinski definition) is 1. The van der Waals surface area contributed by atoms with Crippen molar-refractivity contribution in [1.82, 2.24) is 0 Å². The summed E-state index contributed by atoms with van der Waals surface area (Å²) in [6, 6.07) is 3.10. The fourth-order valence-electron chi connectivity index (χ4n) is 1.17. The molecule has 0 aliphatic rings. The van der Waals surface area contributed by atoms with Crippen molar-refractivity contribution in [3.8, 4) is 0 Å². The topological polar surface area (TPSA) is 26.0 Å². The molecule has 1 nitrogen and oxygen atoms in total. The van der Waals surface area contributed by atoms with Crippen molar-refractivity contribution in [2.75, 3.05) is 6.54 Å². The van der Waals surface area contributed by atoms with E-state index in [1.807, 2.05) is 6.92 Å². The zero-order valence-corrected chi connectivity index (χ0v) is 8.53. The predicted octanol–water partition coefficient (Wildman–Crippen LogP) is 2.85. The van der Waals surface area contributed by atoms with Crippen molar-refractivity contribution in [3.63, 3.8) is 0 Å². The van der Waals surface area contributed by atoms with Gasteiger partial charge in [0, 0.05) is 5.02 Å². The lowest BCUT2D eigenvalue weighted by Gasteiger charge is -2.12. The predicted molar refractivity (Wildman–Crippen MR) is 53.6 cm³/mol. The number of aryl methyl sites for hydroxylation is 1. The number of rotatable bonds is 2. The van der Waals surface area contributed by atoms with Gasteiger partial charge in [-0.1, -0.05) is 18.5 Å². The maximum Gasteiger partial charge on any atom is 0.126 e. The molecule has 1 unspecified atom stereocenters. The van der Waals surface area contributed by atoms with Crippen molar-refractivity contribution >= 4 is 11.6 Å². The van der Waals surface area contributed by atoms with Crippen molar-refractivity contribution in [2.24, 2.45) is 5.73 Å². The van der Waals surface area contributed by atoms with E-state index in [4.69, 9.17) is 17.3 Å². The number of hydrogen-bond acceptors (Lipinski definition) is 1. The van der Waals surface area contributed by atoms with Gasteiger partial charge < -0.3 is 5.73 Å². The van der Waals surface area contributed by atoms with Gasteiger partial charge >= 0.3 is 0 Å². The Morgan fingerprint density at radius 3 is 2.69 bits per heavy atom. The van der Waals surface area contributed by atoms with Crippen LogP contribution in [0.4, 0.5) is 4.39 Å². The lowest BCUT2D eigenvalue weighted by atomic mass is 10.00. The zero-order valence-electron chi connectivity index (χ0n) is 7.77.